The third kappa shape index (κ3) is 4.03. The van der Waals surface area contributed by atoms with E-state index < -0.39 is 10.8 Å². The van der Waals surface area contributed by atoms with Crippen LogP contribution in [0.25, 0.3) is 0 Å². The van der Waals surface area contributed by atoms with Gasteiger partial charge in [-0.25, -0.2) is 0 Å². The minimum Gasteiger partial charge on any atom is -0.322 e. The SMILES string of the molecule is O=C(Nc1ccc(Br)c(Cl)c1)c1cc(Br)cc([N+](=O)[O-])c1. The van der Waals surface area contributed by atoms with Crippen LogP contribution in [0.1, 0.15) is 10.4 Å². The minimum atomic E-state index is -0.558. The van der Waals surface area contributed by atoms with Crippen LogP contribution in [0.15, 0.2) is 45.3 Å². The fourth-order valence-electron chi connectivity index (χ4n) is 1.59. The highest BCUT2D eigenvalue weighted by atomic mass is 79.9. The molecule has 5 nitrogen and oxygen atoms in total. The largest absolute Gasteiger partial charge is 0.322 e. The topological polar surface area (TPSA) is 72.2 Å². The quantitative estimate of drug-likeness (QED) is 0.544. The molecule has 0 aliphatic carbocycles. The van der Waals surface area contributed by atoms with Crippen molar-refractivity contribution in [2.24, 2.45) is 0 Å². The van der Waals surface area contributed by atoms with Crippen LogP contribution in [0.3, 0.4) is 0 Å². The number of amides is 1. The molecule has 108 valence electrons. The molecule has 21 heavy (non-hydrogen) atoms. The molecule has 0 radical (unpaired) electrons. The molecule has 0 saturated carbocycles. The Morgan fingerprint density at radius 3 is 2.52 bits per heavy atom. The predicted molar refractivity (Wildman–Crippen MR) is 87.9 cm³/mol. The minimum absolute atomic E-state index is 0.164. The van der Waals surface area contributed by atoms with Crippen molar-refractivity contribution < 1.29 is 9.72 Å². The predicted octanol–water partition coefficient (Wildman–Crippen LogP) is 5.03. The summed E-state index contributed by atoms with van der Waals surface area (Å²) in [5.74, 6) is -0.460. The van der Waals surface area contributed by atoms with Crippen LogP contribution in [0.4, 0.5) is 11.4 Å². The van der Waals surface area contributed by atoms with E-state index in [2.05, 4.69) is 37.2 Å². The lowest BCUT2D eigenvalue weighted by atomic mass is 10.2. The number of nitro groups is 1. The van der Waals surface area contributed by atoms with E-state index in [0.717, 1.165) is 0 Å². The Kier molecular flexibility index (Phi) is 4.97. The molecular formula is C13H7Br2ClN2O3. The van der Waals surface area contributed by atoms with E-state index in [9.17, 15) is 14.9 Å². The Morgan fingerprint density at radius 2 is 1.90 bits per heavy atom. The molecule has 0 aliphatic rings. The number of rotatable bonds is 3. The molecule has 0 saturated heterocycles. The van der Waals surface area contributed by atoms with Crippen molar-refractivity contribution in [3.8, 4) is 0 Å². The van der Waals surface area contributed by atoms with Crippen molar-refractivity contribution in [3.63, 3.8) is 0 Å². The second-order valence-corrected chi connectivity index (χ2v) is 6.22. The number of nitrogens with zero attached hydrogens (tertiary/aromatic N) is 1. The van der Waals surface area contributed by atoms with Crippen LogP contribution < -0.4 is 5.32 Å². The number of nitro benzene ring substituents is 1. The Labute approximate surface area is 141 Å². The molecular weight excluding hydrogens is 427 g/mol. The summed E-state index contributed by atoms with van der Waals surface area (Å²) in [6.45, 7) is 0. The Bertz CT molecular complexity index is 737. The molecule has 2 aromatic rings. The molecule has 1 amide bonds. The lowest BCUT2D eigenvalue weighted by Gasteiger charge is -2.07. The monoisotopic (exact) mass is 432 g/mol. The second-order valence-electron chi connectivity index (χ2n) is 4.04. The zero-order chi connectivity index (χ0) is 15.6. The summed E-state index contributed by atoms with van der Waals surface area (Å²) in [5.41, 5.74) is 0.509. The number of hydrogen-bond acceptors (Lipinski definition) is 3. The van der Waals surface area contributed by atoms with Gasteiger partial charge in [0.15, 0.2) is 0 Å². The van der Waals surface area contributed by atoms with Crippen molar-refractivity contribution in [3.05, 3.63) is 66.0 Å². The number of benzene rings is 2. The van der Waals surface area contributed by atoms with Gasteiger partial charge in [0.1, 0.15) is 0 Å². The Hall–Kier alpha value is -1.44. The summed E-state index contributed by atoms with van der Waals surface area (Å²) in [6.07, 6.45) is 0. The number of carbonyl (C=O) groups excluding carboxylic acids is 1. The van der Waals surface area contributed by atoms with Crippen LogP contribution in [0.2, 0.25) is 5.02 Å². The van der Waals surface area contributed by atoms with Crippen molar-refractivity contribution in [2.75, 3.05) is 5.32 Å². The zero-order valence-corrected chi connectivity index (χ0v) is 14.2. The van der Waals surface area contributed by atoms with Gasteiger partial charge in [-0.3, -0.25) is 14.9 Å². The molecule has 2 aromatic carbocycles. The van der Waals surface area contributed by atoms with Gasteiger partial charge >= 0.3 is 0 Å². The maximum absolute atomic E-state index is 12.1. The second kappa shape index (κ2) is 6.55. The first-order valence-corrected chi connectivity index (χ1v) is 7.54. The number of carbonyl (C=O) groups is 1. The molecule has 0 fully saturated rings. The molecule has 0 aromatic heterocycles. The normalized spacial score (nSPS) is 10.2. The van der Waals surface area contributed by atoms with E-state index in [1.807, 2.05) is 0 Å². The first-order valence-electron chi connectivity index (χ1n) is 5.58. The van der Waals surface area contributed by atoms with Crippen molar-refractivity contribution in [1.82, 2.24) is 0 Å². The van der Waals surface area contributed by atoms with Gasteiger partial charge in [0, 0.05) is 32.3 Å². The van der Waals surface area contributed by atoms with Gasteiger partial charge in [-0.15, -0.1) is 0 Å². The zero-order valence-electron chi connectivity index (χ0n) is 10.3. The average molecular weight is 434 g/mol. The summed E-state index contributed by atoms with van der Waals surface area (Å²) in [7, 11) is 0. The van der Waals surface area contributed by atoms with Crippen LogP contribution in [0, 0.1) is 10.1 Å². The van der Waals surface area contributed by atoms with E-state index in [1.165, 1.54) is 18.2 Å². The lowest BCUT2D eigenvalue weighted by Crippen LogP contribution is -2.12. The number of non-ortho nitro benzene ring substituents is 1. The van der Waals surface area contributed by atoms with Gasteiger partial charge in [0.05, 0.1) is 9.95 Å². The number of hydrogen-bond donors (Lipinski definition) is 1. The van der Waals surface area contributed by atoms with Gasteiger partial charge in [-0.2, -0.15) is 0 Å². The van der Waals surface area contributed by atoms with E-state index in [0.29, 0.717) is 19.7 Å². The first kappa shape index (κ1) is 15.9. The van der Waals surface area contributed by atoms with Crippen LogP contribution in [-0.4, -0.2) is 10.8 Å². The molecule has 8 heteroatoms. The number of anilines is 1. The Balaban J connectivity index is 2.27. The van der Waals surface area contributed by atoms with Crippen LogP contribution in [-0.2, 0) is 0 Å². The summed E-state index contributed by atoms with van der Waals surface area (Å²) in [5, 5.41) is 13.9. The third-order valence-corrected chi connectivity index (χ3v) is 4.22. The molecule has 2 rings (SSSR count). The van der Waals surface area contributed by atoms with Gasteiger partial charge in [-0.05, 0) is 40.2 Å². The molecule has 0 spiro atoms. The highest BCUT2D eigenvalue weighted by Crippen LogP contribution is 2.26. The summed E-state index contributed by atoms with van der Waals surface area (Å²) < 4.78 is 1.16. The van der Waals surface area contributed by atoms with E-state index in [1.54, 1.807) is 18.2 Å². The highest BCUT2D eigenvalue weighted by Gasteiger charge is 2.14. The third-order valence-electron chi connectivity index (χ3n) is 2.53. The maximum atomic E-state index is 12.1. The van der Waals surface area contributed by atoms with Gasteiger partial charge in [0.2, 0.25) is 0 Å². The molecule has 0 aliphatic heterocycles. The fourth-order valence-corrected chi connectivity index (χ4v) is 2.50. The highest BCUT2D eigenvalue weighted by molar-refractivity contribution is 9.10. The molecule has 0 heterocycles. The van der Waals surface area contributed by atoms with E-state index in [-0.39, 0.29) is 11.3 Å². The van der Waals surface area contributed by atoms with Crippen LogP contribution in [0.5, 0.6) is 0 Å². The molecule has 0 bridgehead atoms. The first-order chi connectivity index (χ1) is 9.86. The van der Waals surface area contributed by atoms with Crippen molar-refractivity contribution >= 4 is 60.7 Å². The van der Waals surface area contributed by atoms with Crippen LogP contribution >= 0.6 is 43.5 Å². The van der Waals surface area contributed by atoms with Crippen molar-refractivity contribution in [1.29, 1.82) is 0 Å². The smallest absolute Gasteiger partial charge is 0.271 e. The standard InChI is InChI=1S/C13H7Br2ClN2O3/c14-8-3-7(4-10(5-8)18(20)21)13(19)17-9-1-2-11(15)12(16)6-9/h1-6H,(H,17,19). The number of halogens is 3. The van der Waals surface area contributed by atoms with Gasteiger partial charge < -0.3 is 5.32 Å². The summed E-state index contributed by atoms with van der Waals surface area (Å²) in [6, 6.07) is 8.98. The van der Waals surface area contributed by atoms with E-state index >= 15 is 0 Å². The summed E-state index contributed by atoms with van der Waals surface area (Å²) >= 11 is 12.3. The molecule has 0 unspecified atom stereocenters. The average Bonchev–Trinajstić information content (AvgIpc) is 2.42. The molecule has 0 atom stereocenters. The maximum Gasteiger partial charge on any atom is 0.271 e. The van der Waals surface area contributed by atoms with Gasteiger partial charge in [0.25, 0.3) is 11.6 Å². The van der Waals surface area contributed by atoms with E-state index in [4.69, 9.17) is 11.6 Å². The van der Waals surface area contributed by atoms with Gasteiger partial charge in [-0.1, -0.05) is 27.5 Å². The number of nitrogens with one attached hydrogen (secondary N) is 1. The molecule has 1 N–H and O–H groups in total. The van der Waals surface area contributed by atoms with Crippen molar-refractivity contribution in [2.45, 2.75) is 0 Å². The lowest BCUT2D eigenvalue weighted by molar-refractivity contribution is -0.384. The Morgan fingerprint density at radius 1 is 1.19 bits per heavy atom. The summed E-state index contributed by atoms with van der Waals surface area (Å²) in [4.78, 5) is 22.4. The fraction of sp³-hybridized carbons (Fsp3) is 0.